The summed E-state index contributed by atoms with van der Waals surface area (Å²) >= 11 is 0. The Hall–Kier alpha value is -5.22. The Morgan fingerprint density at radius 3 is 1.67 bits per heavy atom. The predicted octanol–water partition coefficient (Wildman–Crippen LogP) is 7.45. The van der Waals surface area contributed by atoms with Gasteiger partial charge in [0.05, 0.1) is 35.9 Å². The lowest BCUT2D eigenvalue weighted by atomic mass is 10.0. The summed E-state index contributed by atoms with van der Waals surface area (Å²) in [5.74, 6) is 1.82. The molecule has 0 aliphatic carbocycles. The maximum Gasteiger partial charge on any atom is 0.320 e. The van der Waals surface area contributed by atoms with Crippen LogP contribution in [0.4, 0.5) is 4.79 Å². The highest BCUT2D eigenvalue weighted by Gasteiger charge is 2.37. The molecule has 3 aliphatic rings. The average molecular weight is 683 g/mol. The average Bonchev–Trinajstić information content (AvgIpc) is 4.01. The van der Waals surface area contributed by atoms with Crippen molar-refractivity contribution in [3.05, 3.63) is 108 Å². The summed E-state index contributed by atoms with van der Waals surface area (Å²) in [5.41, 5.74) is 7.27. The number of likely N-dealkylation sites (N-methyl/N-ethyl adjacent to an activating group) is 1. The Morgan fingerprint density at radius 1 is 0.647 bits per heavy atom. The van der Waals surface area contributed by atoms with Gasteiger partial charge in [-0.2, -0.15) is 0 Å². The van der Waals surface area contributed by atoms with E-state index in [9.17, 15) is 9.59 Å². The molecule has 5 aromatic rings. The third-order valence-corrected chi connectivity index (χ3v) is 10.8. The van der Waals surface area contributed by atoms with Crippen LogP contribution in [-0.2, 0) is 4.79 Å². The van der Waals surface area contributed by atoms with Crippen molar-refractivity contribution in [2.45, 2.75) is 56.7 Å². The van der Waals surface area contributed by atoms with Gasteiger partial charge in [0.15, 0.2) is 0 Å². The van der Waals surface area contributed by atoms with Gasteiger partial charge in [0, 0.05) is 26.2 Å². The number of urea groups is 1. The molecule has 3 aromatic carbocycles. The molecule has 2 N–H and O–H groups in total. The molecule has 51 heavy (non-hydrogen) atoms. The molecule has 0 saturated carbocycles. The van der Waals surface area contributed by atoms with Crippen LogP contribution in [0.25, 0.3) is 33.6 Å². The SMILES string of the molecule is CN(C)C(C(=O)N1CCC[C@H]1c1ncc(-c2ccc(-c3ccc(-c4cnc([C@@H]5CCCN5C(=O)N5CCCC5)[nH]4)cc3)cc2)[nH]1)c1ccccc1. The van der Waals surface area contributed by atoms with E-state index in [1.54, 1.807) is 0 Å². The van der Waals surface area contributed by atoms with Gasteiger partial charge in [-0.3, -0.25) is 9.69 Å². The van der Waals surface area contributed by atoms with Crippen LogP contribution in [0.15, 0.2) is 91.3 Å². The van der Waals surface area contributed by atoms with Gasteiger partial charge in [0.1, 0.15) is 17.7 Å². The second-order valence-electron chi connectivity index (χ2n) is 14.3. The fourth-order valence-electron chi connectivity index (χ4n) is 8.13. The zero-order chi connectivity index (χ0) is 34.9. The summed E-state index contributed by atoms with van der Waals surface area (Å²) in [7, 11) is 3.92. The highest BCUT2D eigenvalue weighted by molar-refractivity contribution is 5.84. The van der Waals surface area contributed by atoms with Crippen molar-refractivity contribution < 1.29 is 9.59 Å². The van der Waals surface area contributed by atoms with E-state index in [-0.39, 0.29) is 30.1 Å². The first kappa shape index (κ1) is 33.0. The summed E-state index contributed by atoms with van der Waals surface area (Å²) in [6.07, 6.45) is 9.74. The Balaban J connectivity index is 0.930. The zero-order valence-electron chi connectivity index (χ0n) is 29.5. The molecular weight excluding hydrogens is 637 g/mol. The van der Waals surface area contributed by atoms with E-state index in [4.69, 9.17) is 9.97 Å². The minimum Gasteiger partial charge on any atom is -0.340 e. The van der Waals surface area contributed by atoms with Crippen molar-refractivity contribution in [3.63, 3.8) is 0 Å². The highest BCUT2D eigenvalue weighted by Crippen LogP contribution is 2.36. The number of likely N-dealkylation sites (tertiary alicyclic amines) is 3. The third-order valence-electron chi connectivity index (χ3n) is 10.8. The van der Waals surface area contributed by atoms with E-state index in [1.807, 2.05) is 76.4 Å². The molecule has 3 fully saturated rings. The number of hydrogen-bond acceptors (Lipinski definition) is 5. The molecule has 10 nitrogen and oxygen atoms in total. The summed E-state index contributed by atoms with van der Waals surface area (Å²) in [6, 6.07) is 26.8. The number of nitrogens with zero attached hydrogens (tertiary/aromatic N) is 6. The van der Waals surface area contributed by atoms with Gasteiger partial charge in [-0.1, -0.05) is 78.9 Å². The summed E-state index contributed by atoms with van der Waals surface area (Å²) < 4.78 is 0. The third kappa shape index (κ3) is 6.56. The predicted molar refractivity (Wildman–Crippen MR) is 198 cm³/mol. The van der Waals surface area contributed by atoms with Gasteiger partial charge in [-0.05, 0) is 80.4 Å². The van der Waals surface area contributed by atoms with Gasteiger partial charge >= 0.3 is 6.03 Å². The number of imidazole rings is 2. The highest BCUT2D eigenvalue weighted by atomic mass is 16.2. The molecule has 0 bridgehead atoms. The van der Waals surface area contributed by atoms with Gasteiger partial charge in [0.2, 0.25) is 5.91 Å². The topological polar surface area (TPSA) is 104 Å². The van der Waals surface area contributed by atoms with Crippen LogP contribution in [0.3, 0.4) is 0 Å². The first-order valence-electron chi connectivity index (χ1n) is 18.3. The number of nitrogens with one attached hydrogen (secondary N) is 2. The van der Waals surface area contributed by atoms with Crippen molar-refractivity contribution >= 4 is 11.9 Å². The number of H-pyrrole nitrogens is 2. The number of carbonyl (C=O) groups is 2. The quantitative estimate of drug-likeness (QED) is 0.177. The molecule has 262 valence electrons. The second-order valence-corrected chi connectivity index (χ2v) is 14.3. The molecule has 0 spiro atoms. The molecule has 3 amide bonds. The smallest absolute Gasteiger partial charge is 0.320 e. The Bertz CT molecular complexity index is 1960. The molecule has 3 saturated heterocycles. The maximum atomic E-state index is 13.9. The van der Waals surface area contributed by atoms with Crippen LogP contribution in [0, 0.1) is 0 Å². The van der Waals surface area contributed by atoms with Gasteiger partial charge in [-0.15, -0.1) is 0 Å². The lowest BCUT2D eigenvalue weighted by Crippen LogP contribution is -2.41. The molecular formula is C41H46N8O2. The molecule has 0 radical (unpaired) electrons. The molecule has 8 rings (SSSR count). The molecule has 3 aliphatic heterocycles. The van der Waals surface area contributed by atoms with E-state index in [1.165, 1.54) is 0 Å². The summed E-state index contributed by atoms with van der Waals surface area (Å²) in [5, 5.41) is 0. The Labute approximate surface area is 299 Å². The largest absolute Gasteiger partial charge is 0.340 e. The molecule has 3 atom stereocenters. The maximum absolute atomic E-state index is 13.9. The molecule has 10 heteroatoms. The number of aromatic amines is 2. The molecule has 5 heterocycles. The number of hydrogen-bond donors (Lipinski definition) is 2. The number of aromatic nitrogens is 4. The minimum absolute atomic E-state index is 0.00486. The van der Waals surface area contributed by atoms with E-state index in [2.05, 4.69) is 58.5 Å². The standard InChI is InChI=1S/C41H46N8O2/c1-46(2)37(32-10-4-3-5-11-32)40(50)48-24-8-12-35(48)38-42-26-33(44-38)30-18-14-28(15-19-30)29-16-20-31(21-17-29)34-27-43-39(45-34)36-13-9-25-49(36)41(51)47-22-6-7-23-47/h3-5,10-11,14-21,26-27,35-37H,6-9,12-13,22-25H2,1-2H3,(H,42,44)(H,43,45)/t35-,36-,37?/m0/s1. The van der Waals surface area contributed by atoms with E-state index >= 15 is 0 Å². The van der Waals surface area contributed by atoms with Crippen LogP contribution >= 0.6 is 0 Å². The fourth-order valence-corrected chi connectivity index (χ4v) is 8.13. The normalized spacial score (nSPS) is 19.7. The first-order valence-corrected chi connectivity index (χ1v) is 18.3. The van der Waals surface area contributed by atoms with Gasteiger partial charge in [-0.25, -0.2) is 14.8 Å². The first-order chi connectivity index (χ1) is 24.9. The van der Waals surface area contributed by atoms with E-state index < -0.39 is 0 Å². The van der Waals surface area contributed by atoms with Gasteiger partial charge < -0.3 is 24.7 Å². The van der Waals surface area contributed by atoms with Crippen molar-refractivity contribution in [2.75, 3.05) is 40.3 Å². The lowest BCUT2D eigenvalue weighted by molar-refractivity contribution is -0.137. The second kappa shape index (κ2) is 14.2. The Morgan fingerprint density at radius 2 is 1.14 bits per heavy atom. The number of amides is 3. The van der Waals surface area contributed by atoms with Crippen LogP contribution in [0.1, 0.15) is 73.9 Å². The fraction of sp³-hybridized carbons (Fsp3) is 0.366. The number of carbonyl (C=O) groups excluding carboxylic acids is 2. The van der Waals surface area contributed by atoms with Crippen molar-refractivity contribution in [1.29, 1.82) is 0 Å². The zero-order valence-corrected chi connectivity index (χ0v) is 29.5. The van der Waals surface area contributed by atoms with Crippen molar-refractivity contribution in [2.24, 2.45) is 0 Å². The van der Waals surface area contributed by atoms with E-state index in [0.29, 0.717) is 0 Å². The van der Waals surface area contributed by atoms with Crippen LogP contribution in [0.5, 0.6) is 0 Å². The minimum atomic E-state index is -0.334. The van der Waals surface area contributed by atoms with Crippen LogP contribution < -0.4 is 0 Å². The monoisotopic (exact) mass is 682 g/mol. The molecule has 1 unspecified atom stereocenters. The van der Waals surface area contributed by atoms with E-state index in [0.717, 1.165) is 116 Å². The summed E-state index contributed by atoms with van der Waals surface area (Å²) in [4.78, 5) is 51.6. The Kier molecular flexibility index (Phi) is 9.17. The molecule has 2 aromatic heterocycles. The van der Waals surface area contributed by atoms with Crippen molar-refractivity contribution in [1.82, 2.24) is 39.5 Å². The van der Waals surface area contributed by atoms with Crippen LogP contribution in [0.2, 0.25) is 0 Å². The lowest BCUT2D eigenvalue weighted by Gasteiger charge is -2.31. The van der Waals surface area contributed by atoms with Crippen LogP contribution in [-0.4, -0.2) is 91.7 Å². The number of benzene rings is 3. The van der Waals surface area contributed by atoms with Gasteiger partial charge in [0.25, 0.3) is 0 Å². The number of rotatable bonds is 8. The summed E-state index contributed by atoms with van der Waals surface area (Å²) in [6.45, 7) is 3.24. The van der Waals surface area contributed by atoms with Crippen molar-refractivity contribution in [3.8, 4) is 33.6 Å².